The van der Waals surface area contributed by atoms with Crippen LogP contribution in [-0.4, -0.2) is 106 Å². The summed E-state index contributed by atoms with van der Waals surface area (Å²) in [7, 11) is 0. The molecule has 19 heteroatoms. The van der Waals surface area contributed by atoms with E-state index >= 15 is 0 Å². The van der Waals surface area contributed by atoms with E-state index < -0.39 is 23.9 Å². The molecule has 12 rings (SSSR count). The van der Waals surface area contributed by atoms with Crippen molar-refractivity contribution < 1.29 is 58.6 Å². The van der Waals surface area contributed by atoms with Gasteiger partial charge >= 0.3 is 23.9 Å². The van der Waals surface area contributed by atoms with Gasteiger partial charge in [-0.3, -0.25) is 34.9 Å². The van der Waals surface area contributed by atoms with Gasteiger partial charge in [0.1, 0.15) is 23.0 Å². The smallest absolute Gasteiger partial charge is 0.335 e. The summed E-state index contributed by atoms with van der Waals surface area (Å²) in [5.74, 6) is -3.21. The molecule has 1 aliphatic carbocycles. The lowest BCUT2D eigenvalue weighted by Crippen LogP contribution is -2.13. The molecule has 1 aliphatic rings. The number of ether oxygens (including phenoxy) is 4. The largest absolute Gasteiger partial charge is 0.493 e. The summed E-state index contributed by atoms with van der Waals surface area (Å²) in [5.41, 5.74) is 12.4. The highest BCUT2D eigenvalue weighted by Gasteiger charge is 2.27. The normalized spacial score (nSPS) is 10.5. The van der Waals surface area contributed by atoms with E-state index in [1.165, 1.54) is 87.5 Å². The summed E-state index contributed by atoms with van der Waals surface area (Å²) in [4.78, 5) is 77.6. The van der Waals surface area contributed by atoms with Crippen LogP contribution in [0, 0.1) is 48.5 Å². The van der Waals surface area contributed by atoms with Gasteiger partial charge < -0.3 is 39.4 Å². The van der Waals surface area contributed by atoms with Gasteiger partial charge in [0.2, 0.25) is 0 Å². The Balaban J connectivity index is 0.000000313. The summed E-state index contributed by atoms with van der Waals surface area (Å²) in [6, 6.07) is 39.6. The average molecular weight is 1420 g/mol. The molecule has 0 aliphatic heterocycles. The monoisotopic (exact) mass is 1420 g/mol. The second-order valence-corrected chi connectivity index (χ2v) is 24.5. The Hall–Kier alpha value is -12.0. The summed E-state index contributed by atoms with van der Waals surface area (Å²) in [6.45, 7) is 23.2. The molecule has 4 N–H and O–H groups in total. The van der Waals surface area contributed by atoms with E-state index in [0.29, 0.717) is 93.2 Å². The molecule has 19 nitrogen and oxygen atoms in total. The van der Waals surface area contributed by atoms with Gasteiger partial charge in [0.25, 0.3) is 0 Å². The zero-order valence-electron chi connectivity index (χ0n) is 62.0. The number of carboxylic acid groups (broad SMARTS) is 4. The van der Waals surface area contributed by atoms with Crippen molar-refractivity contribution in [2.75, 3.05) is 26.4 Å². The molecule has 0 radical (unpaired) electrons. The molecular weight excluding hydrogens is 1320 g/mol. The van der Waals surface area contributed by atoms with Crippen LogP contribution in [0.2, 0.25) is 0 Å². The van der Waals surface area contributed by atoms with Gasteiger partial charge in [0.05, 0.1) is 48.7 Å². The first-order valence-electron chi connectivity index (χ1n) is 34.8. The zero-order chi connectivity index (χ0) is 76.3. The Kier molecular flexibility index (Phi) is 37.1. The van der Waals surface area contributed by atoms with E-state index in [4.69, 9.17) is 18.9 Å². The summed E-state index contributed by atoms with van der Waals surface area (Å²) < 4.78 is 25.5. The van der Waals surface area contributed by atoms with Crippen LogP contribution in [0.25, 0.3) is 0 Å². The van der Waals surface area contributed by atoms with Crippen LogP contribution in [0.1, 0.15) is 178 Å². The van der Waals surface area contributed by atoms with Gasteiger partial charge in [0.15, 0.2) is 0 Å². The first-order chi connectivity index (χ1) is 50.6. The van der Waals surface area contributed by atoms with Crippen LogP contribution in [0.15, 0.2) is 220 Å². The van der Waals surface area contributed by atoms with Crippen molar-refractivity contribution in [3.05, 3.63) is 326 Å². The molecule has 7 aromatic heterocycles. The van der Waals surface area contributed by atoms with Crippen LogP contribution in [-0.2, 0) is 25.7 Å². The molecule has 0 amide bonds. The molecule has 0 atom stereocenters. The van der Waals surface area contributed by atoms with Crippen molar-refractivity contribution in [1.29, 1.82) is 0 Å². The number of aromatic carboxylic acids is 4. The number of hydrogen-bond donors (Lipinski definition) is 4. The van der Waals surface area contributed by atoms with Gasteiger partial charge in [-0.1, -0.05) is 27.7 Å². The van der Waals surface area contributed by atoms with Crippen molar-refractivity contribution in [2.45, 2.75) is 128 Å². The van der Waals surface area contributed by atoms with Crippen molar-refractivity contribution >= 4 is 23.9 Å². The summed E-state index contributed by atoms with van der Waals surface area (Å²) in [6.07, 6.45) is 27.6. The number of hydrogen-bond acceptors (Lipinski definition) is 15. The molecule has 0 saturated carbocycles. The molecule has 0 unspecified atom stereocenters. The van der Waals surface area contributed by atoms with Crippen molar-refractivity contribution in [3.8, 4) is 23.0 Å². The third-order valence-corrected chi connectivity index (χ3v) is 15.2. The fourth-order valence-electron chi connectivity index (χ4n) is 9.93. The van der Waals surface area contributed by atoms with Crippen LogP contribution in [0.3, 0.4) is 0 Å². The lowest BCUT2D eigenvalue weighted by Gasteiger charge is -2.24. The first kappa shape index (κ1) is 83.7. The molecular formula is C86H97N7O12. The Morgan fingerprint density at radius 2 is 0.381 bits per heavy atom. The maximum atomic E-state index is 12.7. The van der Waals surface area contributed by atoms with Gasteiger partial charge in [0, 0.05) is 112 Å². The zero-order valence-corrected chi connectivity index (χ0v) is 62.0. The fourth-order valence-corrected chi connectivity index (χ4v) is 9.93. The molecule has 8 bridgehead atoms. The third-order valence-electron chi connectivity index (χ3n) is 15.2. The van der Waals surface area contributed by atoms with Crippen molar-refractivity contribution in [2.24, 2.45) is 0 Å². The van der Waals surface area contributed by atoms with E-state index in [0.717, 1.165) is 0 Å². The second kappa shape index (κ2) is 46.5. The quantitative estimate of drug-likeness (QED) is 0.0699. The maximum absolute atomic E-state index is 12.7. The summed E-state index contributed by atoms with van der Waals surface area (Å²) >= 11 is 0. The molecule has 7 heterocycles. The van der Waals surface area contributed by atoms with Crippen LogP contribution in [0.5, 0.6) is 23.0 Å². The lowest BCUT2D eigenvalue weighted by molar-refractivity contribution is 0.0685. The van der Waals surface area contributed by atoms with Crippen molar-refractivity contribution in [1.82, 2.24) is 34.9 Å². The minimum Gasteiger partial charge on any atom is -0.493 e. The highest BCUT2D eigenvalue weighted by molar-refractivity contribution is 5.91. The predicted molar refractivity (Wildman–Crippen MR) is 411 cm³/mol. The molecule has 0 spiro atoms. The number of carboxylic acids is 4. The predicted octanol–water partition coefficient (Wildman–Crippen LogP) is 18.0. The van der Waals surface area contributed by atoms with E-state index in [-0.39, 0.29) is 74.4 Å². The number of aryl methyl sites for hydroxylation is 7. The van der Waals surface area contributed by atoms with E-state index in [1.807, 2.05) is 161 Å². The van der Waals surface area contributed by atoms with Crippen molar-refractivity contribution in [3.63, 3.8) is 0 Å². The SMILES string of the molecule is CCCOc1c2cc(C(=O)O)cc1Cc1cc(C(=O)O)cc(c1OCCC)Cc1cc(C(=O)O)cc(c1OCCC)Cc1cc(C(=O)O)cc(c1OCCC)C2.Cc1ccncc1.Cc1ccncc1.Cc1ccncc1.Cc1ccncc1.Cc1ccncc1.Cc1ccncc1.Cc1ccncc1. The molecule has 105 heavy (non-hydrogen) atoms. The number of fused-ring (bicyclic) bond motifs is 8. The molecule has 4 aromatic carbocycles. The Morgan fingerprint density at radius 3 is 0.467 bits per heavy atom. The highest BCUT2D eigenvalue weighted by atomic mass is 16.5. The first-order valence-corrected chi connectivity index (χ1v) is 34.8. The van der Waals surface area contributed by atoms with Crippen LogP contribution < -0.4 is 18.9 Å². The van der Waals surface area contributed by atoms with Gasteiger partial charge in [-0.25, -0.2) is 19.2 Å². The van der Waals surface area contributed by atoms with E-state index in [1.54, 1.807) is 86.8 Å². The second-order valence-electron chi connectivity index (χ2n) is 24.5. The highest BCUT2D eigenvalue weighted by Crippen LogP contribution is 2.41. The number of pyridine rings is 7. The molecule has 11 aromatic rings. The summed E-state index contributed by atoms with van der Waals surface area (Å²) in [5, 5.41) is 41.3. The average Bonchev–Trinajstić information content (AvgIpc) is 0.774. The number of carbonyl (C=O) groups is 4. The maximum Gasteiger partial charge on any atom is 0.335 e. The number of nitrogens with zero attached hydrogens (tertiary/aromatic N) is 7. The minimum absolute atomic E-state index is 0.0134. The van der Waals surface area contributed by atoms with E-state index in [2.05, 4.69) is 34.9 Å². The van der Waals surface area contributed by atoms with E-state index in [9.17, 15) is 39.6 Å². The van der Waals surface area contributed by atoms with Gasteiger partial charge in [-0.15, -0.1) is 0 Å². The topological polar surface area (TPSA) is 276 Å². The third kappa shape index (κ3) is 30.6. The number of rotatable bonds is 16. The van der Waals surface area contributed by atoms with Crippen LogP contribution in [0.4, 0.5) is 0 Å². The van der Waals surface area contributed by atoms with Gasteiger partial charge in [-0.05, 0) is 291 Å². The Labute approximate surface area is 617 Å². The minimum atomic E-state index is -1.19. The Bertz CT molecular complexity index is 3630. The lowest BCUT2D eigenvalue weighted by atomic mass is 9.88. The fraction of sp³-hybridized carbons (Fsp3) is 0.267. The van der Waals surface area contributed by atoms with Gasteiger partial charge in [-0.2, -0.15) is 0 Å². The molecule has 0 saturated heterocycles. The van der Waals surface area contributed by atoms with Crippen LogP contribution >= 0.6 is 0 Å². The standard InChI is InChI=1S/C44H48O12.7C6H7N/c1-5-9-53-37-25-13-27-19-34(42(47)48)21-29(38(27)54-10-6-2)15-31-23-36(44(51)52)24-32(40(31)56-12-8-4)16-30-22-35(43(49)50)20-28(39(30)55-11-7-3)14-26(37)18-33(17-25)41(45)46;7*1-6-2-4-7-5-3-6/h17-24H,5-16H2,1-4H3,(H,45,46)(H,47,48)(H,49,50)(H,51,52);7*2-5H,1H3. The number of benzene rings is 4. The Morgan fingerprint density at radius 1 is 0.257 bits per heavy atom. The number of aromatic nitrogens is 7. The molecule has 0 fully saturated rings. The molecule has 548 valence electrons.